The highest BCUT2D eigenvalue weighted by atomic mass is 16.2. The van der Waals surface area contributed by atoms with Crippen molar-refractivity contribution in [1.29, 1.82) is 0 Å². The van der Waals surface area contributed by atoms with E-state index in [0.717, 1.165) is 43.9 Å². The van der Waals surface area contributed by atoms with Gasteiger partial charge in [-0.25, -0.2) is 0 Å². The maximum atomic E-state index is 12.8. The quantitative estimate of drug-likeness (QED) is 0.470. The maximum absolute atomic E-state index is 12.8. The first-order chi connectivity index (χ1) is 16.5. The fourth-order valence-corrected chi connectivity index (χ4v) is 3.85. The minimum absolute atomic E-state index is 0.144. The van der Waals surface area contributed by atoms with Crippen molar-refractivity contribution in [2.75, 3.05) is 57.4 Å². The molecule has 0 aliphatic carbocycles. The molecular weight excluding hydrogens is 428 g/mol. The van der Waals surface area contributed by atoms with Gasteiger partial charge in [0.1, 0.15) is 0 Å². The number of nitrogens with two attached hydrogens (primary N) is 1. The molecule has 0 saturated carbocycles. The number of hydrogen-bond acceptors (Lipinski definition) is 6. The van der Waals surface area contributed by atoms with Crippen LogP contribution in [0.1, 0.15) is 20.7 Å². The molecule has 2 heterocycles. The van der Waals surface area contributed by atoms with Gasteiger partial charge in [-0.1, -0.05) is 12.1 Å². The minimum atomic E-state index is -0.294. The largest absolute Gasteiger partial charge is 0.397 e. The summed E-state index contributed by atoms with van der Waals surface area (Å²) >= 11 is 0. The van der Waals surface area contributed by atoms with Gasteiger partial charge in [-0.2, -0.15) is 0 Å². The number of nitrogens with zero attached hydrogens (tertiary/aromatic N) is 3. The molecule has 34 heavy (non-hydrogen) atoms. The Labute approximate surface area is 199 Å². The van der Waals surface area contributed by atoms with E-state index in [1.165, 1.54) is 0 Å². The van der Waals surface area contributed by atoms with Gasteiger partial charge in [0.15, 0.2) is 0 Å². The number of hydrogen-bond donors (Lipinski definition) is 3. The number of piperazine rings is 1. The molecule has 3 aromatic rings. The number of likely N-dealkylation sites (N-methyl/N-ethyl adjacent to an activating group) is 1. The normalized spacial score (nSPS) is 14.5. The van der Waals surface area contributed by atoms with Gasteiger partial charge in [-0.05, 0) is 55.1 Å². The fraction of sp³-hybridized carbons (Fsp3) is 0.269. The number of amides is 2. The first-order valence-corrected chi connectivity index (χ1v) is 11.4. The molecular formula is C26H30N6O2. The van der Waals surface area contributed by atoms with Crippen molar-refractivity contribution in [2.24, 2.45) is 0 Å². The van der Waals surface area contributed by atoms with Crippen LogP contribution < -0.4 is 16.4 Å². The molecule has 0 spiro atoms. The van der Waals surface area contributed by atoms with Crippen LogP contribution in [-0.2, 0) is 0 Å². The summed E-state index contributed by atoms with van der Waals surface area (Å²) in [7, 11) is 2.12. The standard InChI is InChI=1S/C26H30N6O2/c1-31-13-15-32(16-14-31)12-11-29-25(33)19-4-6-20(7-5-19)26(34)30-24-17-21(8-9-23(24)27)22-3-2-10-28-18-22/h2-10,17-18H,11-16,27H2,1H3,(H,29,33)(H,30,34). The van der Waals surface area contributed by atoms with Crippen molar-refractivity contribution in [2.45, 2.75) is 0 Å². The molecule has 4 N–H and O–H groups in total. The summed E-state index contributed by atoms with van der Waals surface area (Å²) in [5, 5.41) is 5.82. The average molecular weight is 459 g/mol. The topological polar surface area (TPSA) is 104 Å². The average Bonchev–Trinajstić information content (AvgIpc) is 2.87. The zero-order valence-electron chi connectivity index (χ0n) is 19.3. The highest BCUT2D eigenvalue weighted by Gasteiger charge is 2.14. The van der Waals surface area contributed by atoms with Crippen molar-refractivity contribution in [3.8, 4) is 11.1 Å². The summed E-state index contributed by atoms with van der Waals surface area (Å²) in [5.41, 5.74) is 9.87. The lowest BCUT2D eigenvalue weighted by molar-refractivity contribution is 0.0939. The molecule has 1 aliphatic rings. The number of carbonyl (C=O) groups excluding carboxylic acids is 2. The Kier molecular flexibility index (Phi) is 7.51. The van der Waals surface area contributed by atoms with Gasteiger partial charge in [-0.3, -0.25) is 19.5 Å². The van der Waals surface area contributed by atoms with Crippen molar-refractivity contribution < 1.29 is 9.59 Å². The van der Waals surface area contributed by atoms with E-state index in [4.69, 9.17) is 5.73 Å². The van der Waals surface area contributed by atoms with Crippen LogP contribution in [0.4, 0.5) is 11.4 Å². The van der Waals surface area contributed by atoms with Crippen LogP contribution >= 0.6 is 0 Å². The molecule has 4 rings (SSSR count). The Bertz CT molecular complexity index is 1130. The molecule has 1 aromatic heterocycles. The van der Waals surface area contributed by atoms with E-state index >= 15 is 0 Å². The van der Waals surface area contributed by atoms with E-state index in [9.17, 15) is 9.59 Å². The van der Waals surface area contributed by atoms with Gasteiger partial charge in [0.25, 0.3) is 11.8 Å². The summed E-state index contributed by atoms with van der Waals surface area (Å²) in [5.74, 6) is -0.438. The number of pyridine rings is 1. The Balaban J connectivity index is 1.33. The summed E-state index contributed by atoms with van der Waals surface area (Å²) < 4.78 is 0. The van der Waals surface area contributed by atoms with Crippen LogP contribution in [0.15, 0.2) is 67.0 Å². The number of aromatic nitrogens is 1. The number of nitrogens with one attached hydrogen (secondary N) is 2. The van der Waals surface area contributed by atoms with Crippen LogP contribution in [0.3, 0.4) is 0 Å². The highest BCUT2D eigenvalue weighted by molar-refractivity contribution is 6.06. The van der Waals surface area contributed by atoms with E-state index in [2.05, 4.69) is 32.5 Å². The molecule has 0 unspecified atom stereocenters. The predicted octanol–water partition coefficient (Wildman–Crippen LogP) is 2.56. The van der Waals surface area contributed by atoms with E-state index in [1.54, 1.807) is 42.7 Å². The van der Waals surface area contributed by atoms with Crippen LogP contribution in [0.5, 0.6) is 0 Å². The molecule has 1 aliphatic heterocycles. The second-order valence-corrected chi connectivity index (χ2v) is 8.48. The first kappa shape index (κ1) is 23.4. The lowest BCUT2D eigenvalue weighted by Crippen LogP contribution is -2.46. The molecule has 8 nitrogen and oxygen atoms in total. The van der Waals surface area contributed by atoms with Gasteiger partial charge in [-0.15, -0.1) is 0 Å². The van der Waals surface area contributed by atoms with Crippen molar-refractivity contribution in [3.05, 3.63) is 78.1 Å². The first-order valence-electron chi connectivity index (χ1n) is 11.4. The van der Waals surface area contributed by atoms with Gasteiger partial charge >= 0.3 is 0 Å². The molecule has 1 saturated heterocycles. The van der Waals surface area contributed by atoms with E-state index in [1.807, 2.05) is 24.3 Å². The van der Waals surface area contributed by atoms with Gasteiger partial charge in [0.05, 0.1) is 11.4 Å². The zero-order chi connectivity index (χ0) is 23.9. The number of benzene rings is 2. The molecule has 1 fully saturated rings. The lowest BCUT2D eigenvalue weighted by Gasteiger charge is -2.32. The molecule has 0 bridgehead atoms. The SMILES string of the molecule is CN1CCN(CCNC(=O)c2ccc(C(=O)Nc3cc(-c4cccnc4)ccc3N)cc2)CC1. The van der Waals surface area contributed by atoms with Gasteiger partial charge in [0, 0.05) is 68.4 Å². The Morgan fingerprint density at radius 1 is 0.941 bits per heavy atom. The van der Waals surface area contributed by atoms with Crippen LogP contribution in [0.2, 0.25) is 0 Å². The van der Waals surface area contributed by atoms with Crippen molar-refractivity contribution in [1.82, 2.24) is 20.1 Å². The van der Waals surface area contributed by atoms with E-state index < -0.39 is 0 Å². The second-order valence-electron chi connectivity index (χ2n) is 8.48. The second kappa shape index (κ2) is 10.9. The predicted molar refractivity (Wildman–Crippen MR) is 135 cm³/mol. The molecule has 2 aromatic carbocycles. The smallest absolute Gasteiger partial charge is 0.255 e. The van der Waals surface area contributed by atoms with Crippen molar-refractivity contribution in [3.63, 3.8) is 0 Å². The summed E-state index contributed by atoms with van der Waals surface area (Å²) in [6.07, 6.45) is 3.47. The maximum Gasteiger partial charge on any atom is 0.255 e. The zero-order valence-corrected chi connectivity index (χ0v) is 19.3. The number of rotatable bonds is 7. The number of anilines is 2. The monoisotopic (exact) mass is 458 g/mol. The van der Waals surface area contributed by atoms with Gasteiger partial charge in [0.2, 0.25) is 0 Å². The molecule has 0 atom stereocenters. The molecule has 8 heteroatoms. The van der Waals surface area contributed by atoms with E-state index in [0.29, 0.717) is 29.0 Å². The number of carbonyl (C=O) groups is 2. The Hall–Kier alpha value is -3.75. The third kappa shape index (κ3) is 5.98. The summed E-state index contributed by atoms with van der Waals surface area (Å²) in [4.78, 5) is 34.0. The summed E-state index contributed by atoms with van der Waals surface area (Å²) in [6.45, 7) is 5.57. The highest BCUT2D eigenvalue weighted by Crippen LogP contribution is 2.27. The van der Waals surface area contributed by atoms with Crippen LogP contribution in [0.25, 0.3) is 11.1 Å². The fourth-order valence-electron chi connectivity index (χ4n) is 3.85. The van der Waals surface area contributed by atoms with Crippen molar-refractivity contribution >= 4 is 23.2 Å². The molecule has 176 valence electrons. The molecule has 2 amide bonds. The number of nitrogen functional groups attached to an aromatic ring is 1. The molecule has 0 radical (unpaired) electrons. The minimum Gasteiger partial charge on any atom is -0.397 e. The van der Waals surface area contributed by atoms with Crippen LogP contribution in [-0.4, -0.2) is 72.9 Å². The Morgan fingerprint density at radius 2 is 1.65 bits per heavy atom. The third-order valence-corrected chi connectivity index (χ3v) is 6.02. The van der Waals surface area contributed by atoms with Gasteiger partial charge < -0.3 is 21.3 Å². The van der Waals surface area contributed by atoms with Crippen LogP contribution in [0, 0.1) is 0 Å². The lowest BCUT2D eigenvalue weighted by atomic mass is 10.1. The Morgan fingerprint density at radius 3 is 2.32 bits per heavy atom. The summed E-state index contributed by atoms with van der Waals surface area (Å²) in [6, 6.07) is 15.9. The third-order valence-electron chi connectivity index (χ3n) is 6.02. The van der Waals surface area contributed by atoms with E-state index in [-0.39, 0.29) is 11.8 Å².